The lowest BCUT2D eigenvalue weighted by Gasteiger charge is -2.16. The van der Waals surface area contributed by atoms with Crippen LogP contribution in [-0.4, -0.2) is 35.1 Å². The van der Waals surface area contributed by atoms with Crippen molar-refractivity contribution >= 4 is 39.4 Å². The van der Waals surface area contributed by atoms with Crippen LogP contribution in [0.2, 0.25) is 0 Å². The summed E-state index contributed by atoms with van der Waals surface area (Å²) in [6.07, 6.45) is -0.711. The number of benzene rings is 3. The molecular formula is C28H23N3O5S. The van der Waals surface area contributed by atoms with Gasteiger partial charge in [-0.05, 0) is 55.0 Å². The largest absolute Gasteiger partial charge is 0.497 e. The van der Waals surface area contributed by atoms with Gasteiger partial charge in [-0.3, -0.25) is 10.1 Å². The number of nitrogens with zero attached hydrogens (tertiary/aromatic N) is 2. The Morgan fingerprint density at radius 3 is 2.51 bits per heavy atom. The van der Waals surface area contributed by atoms with Gasteiger partial charge in [0.2, 0.25) is 5.89 Å². The van der Waals surface area contributed by atoms with Crippen molar-refractivity contribution in [1.82, 2.24) is 9.97 Å². The molecule has 0 aliphatic heterocycles. The molecule has 5 aromatic rings. The molecule has 9 heteroatoms. The first-order valence-corrected chi connectivity index (χ1v) is 12.5. The quantitative estimate of drug-likeness (QED) is 0.246. The lowest BCUT2D eigenvalue weighted by Crippen LogP contribution is -2.32. The van der Waals surface area contributed by atoms with Gasteiger partial charge in [0.05, 0.1) is 23.9 Å². The SMILES string of the molecule is CCC(OC(=O)c1ccccc1-c1nc2ccccc2o1)C(=O)Nc1nc(-c2ccc(OC)cc2)cs1. The first kappa shape index (κ1) is 24.2. The van der Waals surface area contributed by atoms with E-state index in [1.165, 1.54) is 11.3 Å². The van der Waals surface area contributed by atoms with Crippen LogP contribution in [0, 0.1) is 0 Å². The van der Waals surface area contributed by atoms with Crippen LogP contribution < -0.4 is 10.1 Å². The Morgan fingerprint density at radius 2 is 1.76 bits per heavy atom. The summed E-state index contributed by atoms with van der Waals surface area (Å²) >= 11 is 1.29. The zero-order valence-electron chi connectivity index (χ0n) is 20.1. The summed E-state index contributed by atoms with van der Waals surface area (Å²) in [7, 11) is 1.61. The van der Waals surface area contributed by atoms with E-state index in [9.17, 15) is 9.59 Å². The van der Waals surface area contributed by atoms with Gasteiger partial charge < -0.3 is 13.9 Å². The molecule has 8 nitrogen and oxygen atoms in total. The van der Waals surface area contributed by atoms with E-state index in [1.54, 1.807) is 38.3 Å². The molecule has 37 heavy (non-hydrogen) atoms. The number of nitrogens with one attached hydrogen (secondary N) is 1. The summed E-state index contributed by atoms with van der Waals surface area (Å²) in [5.74, 6) is -0.0402. The van der Waals surface area contributed by atoms with Gasteiger partial charge in [-0.25, -0.2) is 14.8 Å². The molecule has 0 saturated heterocycles. The number of oxazole rings is 1. The average Bonchev–Trinajstić information content (AvgIpc) is 3.59. The van der Waals surface area contributed by atoms with Gasteiger partial charge in [-0.15, -0.1) is 11.3 Å². The average molecular weight is 514 g/mol. The number of anilines is 1. The van der Waals surface area contributed by atoms with Gasteiger partial charge in [0.15, 0.2) is 16.8 Å². The standard InChI is InChI=1S/C28H23N3O5S/c1-3-23(25(32)31-28-30-22(16-37-28)17-12-14-18(34-2)15-13-17)36-27(33)20-9-5-4-8-19(20)26-29-21-10-6-7-11-24(21)35-26/h4-16,23H,3H2,1-2H3,(H,30,31,32). The Balaban J connectivity index is 1.30. The number of fused-ring (bicyclic) bond motifs is 1. The molecule has 1 unspecified atom stereocenters. The minimum atomic E-state index is -1.00. The third kappa shape index (κ3) is 5.22. The number of hydrogen-bond donors (Lipinski definition) is 1. The van der Waals surface area contributed by atoms with Crippen molar-refractivity contribution in [2.75, 3.05) is 12.4 Å². The summed E-state index contributed by atoms with van der Waals surface area (Å²) in [6, 6.07) is 21.7. The van der Waals surface area contributed by atoms with E-state index in [0.717, 1.165) is 17.0 Å². The Hall–Kier alpha value is -4.50. The molecule has 1 N–H and O–H groups in total. The van der Waals surface area contributed by atoms with E-state index in [-0.39, 0.29) is 5.56 Å². The molecule has 1 atom stereocenters. The van der Waals surface area contributed by atoms with E-state index in [0.29, 0.717) is 34.1 Å². The number of amides is 1. The number of carbonyl (C=O) groups is 2. The third-order valence-electron chi connectivity index (χ3n) is 5.70. The zero-order valence-corrected chi connectivity index (χ0v) is 21.0. The van der Waals surface area contributed by atoms with Crippen molar-refractivity contribution in [3.05, 3.63) is 83.7 Å². The Morgan fingerprint density at radius 1 is 1.00 bits per heavy atom. The van der Waals surface area contributed by atoms with E-state index in [1.807, 2.05) is 53.9 Å². The second-order valence-electron chi connectivity index (χ2n) is 8.09. The van der Waals surface area contributed by atoms with Crippen LogP contribution in [0.1, 0.15) is 23.7 Å². The number of para-hydroxylation sites is 2. The maximum Gasteiger partial charge on any atom is 0.339 e. The molecule has 186 valence electrons. The molecule has 3 aromatic carbocycles. The van der Waals surface area contributed by atoms with E-state index >= 15 is 0 Å². The van der Waals surface area contributed by atoms with Gasteiger partial charge in [0, 0.05) is 10.9 Å². The highest BCUT2D eigenvalue weighted by atomic mass is 32.1. The minimum Gasteiger partial charge on any atom is -0.497 e. The molecular weight excluding hydrogens is 490 g/mol. The number of esters is 1. The maximum absolute atomic E-state index is 13.1. The summed E-state index contributed by atoms with van der Waals surface area (Å²) in [5.41, 5.74) is 3.67. The number of methoxy groups -OCH3 is 1. The molecule has 0 radical (unpaired) electrons. The topological polar surface area (TPSA) is 104 Å². The minimum absolute atomic E-state index is 0.261. The lowest BCUT2D eigenvalue weighted by molar-refractivity contribution is -0.124. The van der Waals surface area contributed by atoms with Crippen LogP contribution in [0.5, 0.6) is 5.75 Å². The number of aromatic nitrogens is 2. The predicted molar refractivity (Wildman–Crippen MR) is 142 cm³/mol. The van der Waals surface area contributed by atoms with Gasteiger partial charge in [0.1, 0.15) is 11.3 Å². The highest BCUT2D eigenvalue weighted by Crippen LogP contribution is 2.29. The summed E-state index contributed by atoms with van der Waals surface area (Å²) < 4.78 is 16.6. The number of ether oxygens (including phenoxy) is 2. The number of rotatable bonds is 8. The molecule has 2 aromatic heterocycles. The van der Waals surface area contributed by atoms with Crippen molar-refractivity contribution in [2.24, 2.45) is 0 Å². The molecule has 0 saturated carbocycles. The molecule has 0 aliphatic rings. The Bertz CT molecular complexity index is 1520. The van der Waals surface area contributed by atoms with Crippen LogP contribution >= 0.6 is 11.3 Å². The summed E-state index contributed by atoms with van der Waals surface area (Å²) in [5, 5.41) is 5.02. The van der Waals surface area contributed by atoms with Gasteiger partial charge >= 0.3 is 5.97 Å². The van der Waals surface area contributed by atoms with Crippen LogP contribution in [0.15, 0.2) is 82.6 Å². The van der Waals surface area contributed by atoms with Crippen molar-refractivity contribution in [3.8, 4) is 28.5 Å². The van der Waals surface area contributed by atoms with Crippen molar-refractivity contribution in [1.29, 1.82) is 0 Å². The van der Waals surface area contributed by atoms with Crippen LogP contribution in [0.3, 0.4) is 0 Å². The van der Waals surface area contributed by atoms with Crippen LogP contribution in [-0.2, 0) is 9.53 Å². The highest BCUT2D eigenvalue weighted by molar-refractivity contribution is 7.14. The lowest BCUT2D eigenvalue weighted by atomic mass is 10.1. The number of carbonyl (C=O) groups excluding carboxylic acids is 2. The normalized spacial score (nSPS) is 11.7. The fraction of sp³-hybridized carbons (Fsp3) is 0.143. The van der Waals surface area contributed by atoms with Gasteiger partial charge in [-0.2, -0.15) is 0 Å². The second-order valence-corrected chi connectivity index (χ2v) is 8.95. The van der Waals surface area contributed by atoms with Crippen molar-refractivity contribution in [3.63, 3.8) is 0 Å². The van der Waals surface area contributed by atoms with Crippen LogP contribution in [0.25, 0.3) is 33.8 Å². The van der Waals surface area contributed by atoms with Gasteiger partial charge in [0.25, 0.3) is 5.91 Å². The van der Waals surface area contributed by atoms with E-state index in [2.05, 4.69) is 15.3 Å². The number of thiazole rings is 1. The summed E-state index contributed by atoms with van der Waals surface area (Å²) in [6.45, 7) is 1.77. The molecule has 0 spiro atoms. The third-order valence-corrected chi connectivity index (χ3v) is 6.46. The first-order valence-electron chi connectivity index (χ1n) is 11.6. The predicted octanol–water partition coefficient (Wildman–Crippen LogP) is 6.20. The van der Waals surface area contributed by atoms with Crippen molar-refractivity contribution < 1.29 is 23.5 Å². The van der Waals surface area contributed by atoms with Crippen molar-refractivity contribution in [2.45, 2.75) is 19.4 Å². The molecule has 0 aliphatic carbocycles. The fourth-order valence-corrected chi connectivity index (χ4v) is 4.48. The monoisotopic (exact) mass is 513 g/mol. The molecule has 1 amide bonds. The first-order chi connectivity index (χ1) is 18.1. The molecule has 2 heterocycles. The second kappa shape index (κ2) is 10.6. The van der Waals surface area contributed by atoms with Crippen LogP contribution in [0.4, 0.5) is 5.13 Å². The van der Waals surface area contributed by atoms with E-state index < -0.39 is 18.0 Å². The smallest absolute Gasteiger partial charge is 0.339 e. The highest BCUT2D eigenvalue weighted by Gasteiger charge is 2.25. The molecule has 0 fully saturated rings. The zero-order chi connectivity index (χ0) is 25.8. The fourth-order valence-electron chi connectivity index (χ4n) is 3.76. The Kier molecular flexibility index (Phi) is 6.96. The number of hydrogen-bond acceptors (Lipinski definition) is 8. The maximum atomic E-state index is 13.1. The Labute approximate surface area is 216 Å². The van der Waals surface area contributed by atoms with Gasteiger partial charge in [-0.1, -0.05) is 31.2 Å². The van der Waals surface area contributed by atoms with E-state index in [4.69, 9.17) is 13.9 Å². The molecule has 0 bridgehead atoms. The molecule has 5 rings (SSSR count). The summed E-state index contributed by atoms with van der Waals surface area (Å²) in [4.78, 5) is 35.0.